The zero-order valence-electron chi connectivity index (χ0n) is 13.0. The Kier molecular flexibility index (Phi) is 5.45. The molecule has 1 amide bonds. The van der Waals surface area contributed by atoms with E-state index in [0.29, 0.717) is 10.8 Å². The van der Waals surface area contributed by atoms with Gasteiger partial charge >= 0.3 is 0 Å². The number of aryl methyl sites for hydroxylation is 2. The summed E-state index contributed by atoms with van der Waals surface area (Å²) in [5.41, 5.74) is 3.01. The molecule has 0 saturated carbocycles. The quantitative estimate of drug-likeness (QED) is 0.874. The van der Waals surface area contributed by atoms with Crippen LogP contribution in [0.3, 0.4) is 0 Å². The van der Waals surface area contributed by atoms with Crippen LogP contribution >= 0.6 is 11.6 Å². The topological polar surface area (TPSA) is 38.3 Å². The minimum atomic E-state index is -0.635. The molecule has 4 heteroatoms. The van der Waals surface area contributed by atoms with Crippen LogP contribution in [0.25, 0.3) is 0 Å². The van der Waals surface area contributed by atoms with Gasteiger partial charge in [0.05, 0.1) is 5.02 Å². The molecule has 0 radical (unpaired) electrons. The Morgan fingerprint density at radius 3 is 2.64 bits per heavy atom. The molecule has 3 nitrogen and oxygen atoms in total. The van der Waals surface area contributed by atoms with Gasteiger partial charge in [-0.2, -0.15) is 0 Å². The Labute approximate surface area is 136 Å². The van der Waals surface area contributed by atoms with Crippen molar-refractivity contribution in [3.05, 3.63) is 58.6 Å². The molecule has 0 aromatic heterocycles. The molecule has 2 aromatic rings. The molecule has 116 valence electrons. The van der Waals surface area contributed by atoms with Crippen LogP contribution in [0.4, 0.5) is 5.69 Å². The number of amides is 1. The van der Waals surface area contributed by atoms with Gasteiger partial charge in [0.2, 0.25) is 0 Å². The van der Waals surface area contributed by atoms with E-state index in [4.69, 9.17) is 16.3 Å². The van der Waals surface area contributed by atoms with Crippen molar-refractivity contribution in [3.63, 3.8) is 0 Å². The molecule has 2 aromatic carbocycles. The van der Waals surface area contributed by atoms with Crippen LogP contribution in [-0.4, -0.2) is 12.0 Å². The normalized spacial score (nSPS) is 11.8. The third kappa shape index (κ3) is 3.80. The summed E-state index contributed by atoms with van der Waals surface area (Å²) in [5, 5.41) is 3.46. The molecular weight excluding hydrogens is 298 g/mol. The zero-order valence-corrected chi connectivity index (χ0v) is 13.8. The molecule has 22 heavy (non-hydrogen) atoms. The fraction of sp³-hybridized carbons (Fsp3) is 0.278. The molecule has 0 unspecified atom stereocenters. The predicted octanol–water partition coefficient (Wildman–Crippen LogP) is 4.62. The number of hydrogen-bond acceptors (Lipinski definition) is 2. The molecule has 0 heterocycles. The van der Waals surface area contributed by atoms with E-state index in [2.05, 4.69) is 12.2 Å². The molecule has 0 fully saturated rings. The van der Waals surface area contributed by atoms with Crippen LogP contribution in [0.15, 0.2) is 42.5 Å². The van der Waals surface area contributed by atoms with Gasteiger partial charge in [0, 0.05) is 5.69 Å². The number of ether oxygens (including phenoxy) is 1. The Bertz CT molecular complexity index is 670. The Morgan fingerprint density at radius 2 is 1.95 bits per heavy atom. The fourth-order valence-electron chi connectivity index (χ4n) is 2.21. The van der Waals surface area contributed by atoms with E-state index in [1.165, 1.54) is 0 Å². The van der Waals surface area contributed by atoms with Gasteiger partial charge in [0.1, 0.15) is 5.75 Å². The van der Waals surface area contributed by atoms with Crippen LogP contribution in [0.1, 0.15) is 25.0 Å². The van der Waals surface area contributed by atoms with E-state index >= 15 is 0 Å². The van der Waals surface area contributed by atoms with Crippen molar-refractivity contribution < 1.29 is 9.53 Å². The number of anilines is 1. The maximum atomic E-state index is 12.4. The highest BCUT2D eigenvalue weighted by molar-refractivity contribution is 6.32. The van der Waals surface area contributed by atoms with Crippen molar-refractivity contribution in [1.82, 2.24) is 0 Å². The van der Waals surface area contributed by atoms with Gasteiger partial charge in [-0.1, -0.05) is 48.9 Å². The van der Waals surface area contributed by atoms with Crippen LogP contribution in [0.5, 0.6) is 5.75 Å². The average molecular weight is 318 g/mol. The van der Waals surface area contributed by atoms with E-state index < -0.39 is 6.10 Å². The molecular formula is C18H20ClNO2. The summed E-state index contributed by atoms with van der Waals surface area (Å²) >= 11 is 6.05. The van der Waals surface area contributed by atoms with Crippen molar-refractivity contribution in [2.24, 2.45) is 0 Å². The summed E-state index contributed by atoms with van der Waals surface area (Å²) in [6.45, 7) is 5.75. The fourth-order valence-corrected chi connectivity index (χ4v) is 2.39. The summed E-state index contributed by atoms with van der Waals surface area (Å²) in [6.07, 6.45) is 0.223. The third-order valence-electron chi connectivity index (χ3n) is 3.50. The summed E-state index contributed by atoms with van der Waals surface area (Å²) in [7, 11) is 0. The highest BCUT2D eigenvalue weighted by Crippen LogP contribution is 2.25. The second-order valence-corrected chi connectivity index (χ2v) is 5.55. The lowest BCUT2D eigenvalue weighted by molar-refractivity contribution is -0.122. The first-order chi connectivity index (χ1) is 10.5. The number of carbonyl (C=O) groups is 1. The van der Waals surface area contributed by atoms with Crippen molar-refractivity contribution in [2.75, 3.05) is 5.32 Å². The second kappa shape index (κ2) is 7.32. The summed E-state index contributed by atoms with van der Waals surface area (Å²) in [4.78, 5) is 12.4. The molecule has 0 bridgehead atoms. The molecule has 1 atom stereocenters. The monoisotopic (exact) mass is 317 g/mol. The molecule has 1 N–H and O–H groups in total. The number of carbonyl (C=O) groups excluding carboxylic acids is 1. The maximum Gasteiger partial charge on any atom is 0.265 e. The largest absolute Gasteiger partial charge is 0.479 e. The molecule has 2 rings (SSSR count). The lowest BCUT2D eigenvalue weighted by Crippen LogP contribution is -2.30. The Hall–Kier alpha value is -2.00. The molecule has 0 aliphatic carbocycles. The van der Waals surface area contributed by atoms with Crippen LogP contribution in [0.2, 0.25) is 5.02 Å². The predicted molar refractivity (Wildman–Crippen MR) is 90.7 cm³/mol. The number of hydrogen-bond donors (Lipinski definition) is 1. The van der Waals surface area contributed by atoms with E-state index in [0.717, 1.165) is 23.2 Å². The van der Waals surface area contributed by atoms with Gasteiger partial charge in [-0.25, -0.2) is 0 Å². The van der Waals surface area contributed by atoms with Gasteiger partial charge in [-0.05, 0) is 43.5 Å². The van der Waals surface area contributed by atoms with Crippen LogP contribution in [-0.2, 0) is 11.2 Å². The standard InChI is InChI=1S/C18H20ClNO2/c1-4-14-9-7-8-12(2)17(14)20-18(21)13(3)22-16-11-6-5-10-15(16)19/h5-11,13H,4H2,1-3H3,(H,20,21)/t13-/m1/s1. The number of rotatable bonds is 5. The first kappa shape index (κ1) is 16.4. The van der Waals surface area contributed by atoms with Gasteiger partial charge in [0.15, 0.2) is 6.10 Å². The first-order valence-corrected chi connectivity index (χ1v) is 7.71. The first-order valence-electron chi connectivity index (χ1n) is 7.33. The number of para-hydroxylation sites is 2. The van der Waals surface area contributed by atoms with E-state index in [1.807, 2.05) is 37.3 Å². The second-order valence-electron chi connectivity index (χ2n) is 5.14. The van der Waals surface area contributed by atoms with Crippen molar-refractivity contribution in [1.29, 1.82) is 0 Å². The van der Waals surface area contributed by atoms with E-state index in [1.54, 1.807) is 19.1 Å². The smallest absolute Gasteiger partial charge is 0.265 e. The molecule has 0 aliphatic heterocycles. The lowest BCUT2D eigenvalue weighted by Gasteiger charge is -2.18. The Morgan fingerprint density at radius 1 is 1.23 bits per heavy atom. The lowest BCUT2D eigenvalue weighted by atomic mass is 10.1. The van der Waals surface area contributed by atoms with Gasteiger partial charge in [-0.3, -0.25) is 4.79 Å². The highest BCUT2D eigenvalue weighted by Gasteiger charge is 2.18. The molecule has 0 spiro atoms. The van der Waals surface area contributed by atoms with Gasteiger partial charge in [0.25, 0.3) is 5.91 Å². The molecule has 0 saturated heterocycles. The van der Waals surface area contributed by atoms with Gasteiger partial charge in [-0.15, -0.1) is 0 Å². The van der Waals surface area contributed by atoms with E-state index in [-0.39, 0.29) is 5.91 Å². The Balaban J connectivity index is 2.11. The zero-order chi connectivity index (χ0) is 16.1. The SMILES string of the molecule is CCc1cccc(C)c1NC(=O)[C@@H](C)Oc1ccccc1Cl. The summed E-state index contributed by atoms with van der Waals surface area (Å²) in [6, 6.07) is 13.1. The van der Waals surface area contributed by atoms with E-state index in [9.17, 15) is 4.79 Å². The summed E-state index contributed by atoms with van der Waals surface area (Å²) in [5.74, 6) is 0.316. The third-order valence-corrected chi connectivity index (χ3v) is 3.81. The summed E-state index contributed by atoms with van der Waals surface area (Å²) < 4.78 is 5.65. The van der Waals surface area contributed by atoms with Crippen LogP contribution < -0.4 is 10.1 Å². The average Bonchev–Trinajstić information content (AvgIpc) is 2.51. The van der Waals surface area contributed by atoms with Crippen molar-refractivity contribution in [3.8, 4) is 5.75 Å². The number of halogens is 1. The van der Waals surface area contributed by atoms with Gasteiger partial charge < -0.3 is 10.1 Å². The molecule has 0 aliphatic rings. The number of nitrogens with one attached hydrogen (secondary N) is 1. The minimum absolute atomic E-state index is 0.191. The van der Waals surface area contributed by atoms with Crippen molar-refractivity contribution >= 4 is 23.2 Å². The number of benzene rings is 2. The van der Waals surface area contributed by atoms with Crippen molar-refractivity contribution in [2.45, 2.75) is 33.3 Å². The van der Waals surface area contributed by atoms with Crippen LogP contribution in [0, 0.1) is 6.92 Å². The minimum Gasteiger partial charge on any atom is -0.479 e. The maximum absolute atomic E-state index is 12.4. The highest BCUT2D eigenvalue weighted by atomic mass is 35.5.